The molecule has 0 radical (unpaired) electrons. The molecule has 0 bridgehead atoms. The number of aliphatic hydroxyl groups excluding tert-OH is 1. The average molecular weight is 499 g/mol. The van der Waals surface area contributed by atoms with Gasteiger partial charge in [-0.25, -0.2) is 4.79 Å². The molecule has 2 amide bonds. The molecular weight excluding hydrogens is 467 g/mol. The zero-order valence-electron chi connectivity index (χ0n) is 20.2. The summed E-state index contributed by atoms with van der Waals surface area (Å²) in [7, 11) is -3.21. The van der Waals surface area contributed by atoms with Crippen molar-refractivity contribution in [3.05, 3.63) is 59.7 Å². The molecule has 0 aliphatic carbocycles. The first kappa shape index (κ1) is 24.0. The Labute approximate surface area is 205 Å². The van der Waals surface area contributed by atoms with Gasteiger partial charge in [-0.2, -0.15) is 0 Å². The Morgan fingerprint density at radius 2 is 1.94 bits per heavy atom. The maximum absolute atomic E-state index is 15.5. The van der Waals surface area contributed by atoms with Gasteiger partial charge in [-0.3, -0.25) is 9.69 Å². The fourth-order valence-corrected chi connectivity index (χ4v) is 8.73. The summed E-state index contributed by atoms with van der Waals surface area (Å²) in [5.74, 6) is -0.587. The molecular formula is C26H31FN2O5Si. The maximum atomic E-state index is 15.5. The van der Waals surface area contributed by atoms with E-state index in [4.69, 9.17) is 9.47 Å². The van der Waals surface area contributed by atoms with Crippen LogP contribution in [0.15, 0.2) is 48.5 Å². The summed E-state index contributed by atoms with van der Waals surface area (Å²) in [6.07, 6.45) is -0.612. The van der Waals surface area contributed by atoms with Gasteiger partial charge in [0, 0.05) is 29.3 Å². The maximum Gasteiger partial charge on any atom is 0.414 e. The van der Waals surface area contributed by atoms with Crippen molar-refractivity contribution < 1.29 is 28.3 Å². The first-order valence-electron chi connectivity index (χ1n) is 12.1. The highest BCUT2D eigenvalue weighted by Crippen LogP contribution is 2.60. The van der Waals surface area contributed by atoms with Gasteiger partial charge >= 0.3 is 6.09 Å². The van der Waals surface area contributed by atoms with E-state index in [9.17, 15) is 14.7 Å². The summed E-state index contributed by atoms with van der Waals surface area (Å²) in [5.41, 5.74) is 1.37. The van der Waals surface area contributed by atoms with E-state index >= 15 is 4.11 Å². The number of aliphatic hydroxyl groups is 1. The minimum absolute atomic E-state index is 0.125. The topological polar surface area (TPSA) is 79.3 Å². The van der Waals surface area contributed by atoms with Crippen LogP contribution in [0.3, 0.4) is 0 Å². The number of hydrogen-bond acceptors (Lipinski definition) is 5. The van der Waals surface area contributed by atoms with Crippen LogP contribution in [0, 0.1) is 5.92 Å². The largest absolute Gasteiger partial charge is 0.447 e. The molecule has 1 spiro atoms. The number of fused-ring (bicyclic) bond motifs is 2. The molecule has 2 aromatic rings. The van der Waals surface area contributed by atoms with E-state index in [1.54, 1.807) is 22.9 Å². The molecule has 3 heterocycles. The van der Waals surface area contributed by atoms with Crippen LogP contribution in [0.25, 0.3) is 0 Å². The smallest absolute Gasteiger partial charge is 0.414 e. The molecule has 1 N–H and O–H groups in total. The predicted molar refractivity (Wildman–Crippen MR) is 133 cm³/mol. The van der Waals surface area contributed by atoms with Crippen LogP contribution in [-0.2, 0) is 26.4 Å². The van der Waals surface area contributed by atoms with Gasteiger partial charge in [-0.05, 0) is 43.3 Å². The van der Waals surface area contributed by atoms with E-state index in [1.165, 1.54) is 0 Å². The normalized spacial score (nSPS) is 28.2. The van der Waals surface area contributed by atoms with Crippen molar-refractivity contribution in [1.82, 2.24) is 0 Å². The second kappa shape index (κ2) is 8.72. The second-order valence-electron chi connectivity index (χ2n) is 10.1. The summed E-state index contributed by atoms with van der Waals surface area (Å²) < 4.78 is 27.1. The van der Waals surface area contributed by atoms with Crippen LogP contribution in [0.5, 0.6) is 0 Å². The quantitative estimate of drug-likeness (QED) is 0.473. The molecule has 186 valence electrons. The van der Waals surface area contributed by atoms with Crippen molar-refractivity contribution in [3.8, 4) is 0 Å². The molecule has 4 atom stereocenters. The van der Waals surface area contributed by atoms with Gasteiger partial charge in [0.2, 0.25) is 8.41 Å². The summed E-state index contributed by atoms with van der Waals surface area (Å²) in [5, 5.41) is 9.65. The van der Waals surface area contributed by atoms with Crippen LogP contribution in [0.2, 0.25) is 18.6 Å². The van der Waals surface area contributed by atoms with Crippen molar-refractivity contribution in [1.29, 1.82) is 0 Å². The Balaban J connectivity index is 1.52. The van der Waals surface area contributed by atoms with E-state index < -0.39 is 25.7 Å². The van der Waals surface area contributed by atoms with Crippen molar-refractivity contribution in [2.75, 3.05) is 29.6 Å². The fourth-order valence-electron chi connectivity index (χ4n) is 6.19. The number of hydrogen-bond donors (Lipinski definition) is 1. The number of halogens is 1. The number of carbonyl (C=O) groups excluding carboxylic acids is 2. The van der Waals surface area contributed by atoms with E-state index in [1.807, 2.05) is 55.5 Å². The van der Waals surface area contributed by atoms with E-state index in [-0.39, 0.29) is 31.1 Å². The first-order valence-corrected chi connectivity index (χ1v) is 15.1. The van der Waals surface area contributed by atoms with Gasteiger partial charge in [-0.1, -0.05) is 37.3 Å². The zero-order valence-corrected chi connectivity index (χ0v) is 21.2. The molecule has 9 heteroatoms. The molecule has 2 saturated heterocycles. The van der Waals surface area contributed by atoms with Crippen LogP contribution >= 0.6 is 0 Å². The number of carbonyl (C=O) groups is 2. The van der Waals surface area contributed by atoms with Gasteiger partial charge in [0.15, 0.2) is 5.60 Å². The van der Waals surface area contributed by atoms with Gasteiger partial charge in [-0.15, -0.1) is 0 Å². The highest BCUT2D eigenvalue weighted by molar-refractivity contribution is 6.72. The molecule has 7 nitrogen and oxygen atoms in total. The molecule has 0 saturated carbocycles. The third kappa shape index (κ3) is 3.77. The molecule has 2 fully saturated rings. The Kier molecular flexibility index (Phi) is 5.97. The lowest BCUT2D eigenvalue weighted by atomic mass is 9.82. The summed E-state index contributed by atoms with van der Waals surface area (Å²) >= 11 is 0. The van der Waals surface area contributed by atoms with Crippen LogP contribution in [0.1, 0.15) is 24.5 Å². The number of nitrogens with zero attached hydrogens (tertiary/aromatic N) is 2. The SMILES string of the molecule is C[C@H]1[C@H]([Si](C)(C)F)[C@@H](CCO)O[C@]12C(=O)N(Cc1cccc(N3CCOC3=O)c1)c1ccccc12. The summed E-state index contributed by atoms with van der Waals surface area (Å²) in [4.78, 5) is 29.5. The Hall–Kier alpha value is -2.75. The van der Waals surface area contributed by atoms with E-state index in [0.29, 0.717) is 19.6 Å². The zero-order chi connectivity index (χ0) is 25.0. The summed E-state index contributed by atoms with van der Waals surface area (Å²) in [6, 6.07) is 15.1. The molecule has 0 aromatic heterocycles. The van der Waals surface area contributed by atoms with Crippen molar-refractivity contribution in [2.45, 2.75) is 50.2 Å². The van der Waals surface area contributed by atoms with Crippen LogP contribution < -0.4 is 9.80 Å². The number of ether oxygens (including phenoxy) is 2. The minimum Gasteiger partial charge on any atom is -0.447 e. The lowest BCUT2D eigenvalue weighted by molar-refractivity contribution is -0.146. The number of amides is 2. The number of para-hydroxylation sites is 1. The van der Waals surface area contributed by atoms with Gasteiger partial charge < -0.3 is 23.6 Å². The predicted octanol–water partition coefficient (Wildman–Crippen LogP) is 4.35. The lowest BCUT2D eigenvalue weighted by Gasteiger charge is -2.31. The number of benzene rings is 2. The average Bonchev–Trinajstić information content (AvgIpc) is 3.44. The number of rotatable bonds is 6. The fraction of sp³-hybridized carbons (Fsp3) is 0.462. The highest BCUT2D eigenvalue weighted by Gasteiger charge is 2.66. The standard InChI is InChI=1S/C26H31FN2O5Si/c1-17-23(35(2,3)27)22(11-13-30)34-26(17)20-9-4-5-10-21(20)29(24(26)31)16-18-7-6-8-19(15-18)28-12-14-33-25(28)32/h4-10,15,17,22-23,30H,11-14,16H2,1-3H3/t17-,22+,23-,26+/m0/s1. The second-order valence-corrected chi connectivity index (χ2v) is 13.9. The Bertz CT molecular complexity index is 1150. The molecule has 35 heavy (non-hydrogen) atoms. The van der Waals surface area contributed by atoms with Crippen LogP contribution in [0.4, 0.5) is 20.3 Å². The van der Waals surface area contributed by atoms with Crippen LogP contribution in [-0.4, -0.2) is 51.4 Å². The molecule has 3 aliphatic heterocycles. The van der Waals surface area contributed by atoms with Gasteiger partial charge in [0.1, 0.15) is 6.61 Å². The third-order valence-electron chi connectivity index (χ3n) is 7.61. The number of anilines is 2. The number of cyclic esters (lactones) is 1. The minimum atomic E-state index is -3.21. The Morgan fingerprint density at radius 1 is 1.17 bits per heavy atom. The van der Waals surface area contributed by atoms with Gasteiger partial charge in [0.25, 0.3) is 5.91 Å². The molecule has 2 aromatic carbocycles. The molecule has 0 unspecified atom stereocenters. The monoisotopic (exact) mass is 498 g/mol. The van der Waals surface area contributed by atoms with Crippen molar-refractivity contribution in [2.24, 2.45) is 5.92 Å². The third-order valence-corrected chi connectivity index (χ3v) is 10.1. The van der Waals surface area contributed by atoms with E-state index in [0.717, 1.165) is 22.5 Å². The van der Waals surface area contributed by atoms with Gasteiger partial charge in [0.05, 0.1) is 24.9 Å². The summed E-state index contributed by atoms with van der Waals surface area (Å²) in [6.45, 7) is 6.21. The Morgan fingerprint density at radius 3 is 2.63 bits per heavy atom. The highest BCUT2D eigenvalue weighted by atomic mass is 28.4. The molecule has 3 aliphatic rings. The van der Waals surface area contributed by atoms with Crippen molar-refractivity contribution >= 4 is 31.8 Å². The van der Waals surface area contributed by atoms with E-state index in [2.05, 4.69) is 0 Å². The first-order chi connectivity index (χ1) is 16.7. The molecule has 5 rings (SSSR count). The lowest BCUT2D eigenvalue weighted by Crippen LogP contribution is -2.45. The van der Waals surface area contributed by atoms with Crippen molar-refractivity contribution in [3.63, 3.8) is 0 Å².